The molecule has 3 aromatic rings. The van der Waals surface area contributed by atoms with Crippen molar-refractivity contribution in [2.75, 3.05) is 31.6 Å². The first kappa shape index (κ1) is 30.1. The molecule has 1 fully saturated rings. The number of ether oxygens (including phenoxy) is 3. The standard InChI is InChI=1S/C32H45N5O4Si/c1-32(2,3)41-31(38)36-14-12-26(13-15-36)35(4)29-11-10-28-27-9-8-23(18-24(27)21-40-30(28)34-29)25-19-33-37(20-25)22-39-16-17-42(5,6)7/h8-11,18-20,26H,12-17,21-22H2,1-7H3. The van der Waals surface area contributed by atoms with Crippen molar-refractivity contribution < 1.29 is 19.0 Å². The third kappa shape index (κ3) is 7.33. The second-order valence-corrected chi connectivity index (χ2v) is 19.2. The van der Waals surface area contributed by atoms with Gasteiger partial charge in [0.1, 0.15) is 24.8 Å². The van der Waals surface area contributed by atoms with E-state index in [4.69, 9.17) is 19.2 Å². The molecule has 4 heterocycles. The maximum absolute atomic E-state index is 12.5. The second kappa shape index (κ2) is 12.1. The normalized spacial score (nSPS) is 15.5. The molecule has 9 nitrogen and oxygen atoms in total. The quantitative estimate of drug-likeness (QED) is 0.214. The van der Waals surface area contributed by atoms with Crippen molar-refractivity contribution in [2.24, 2.45) is 0 Å². The van der Waals surface area contributed by atoms with Crippen molar-refractivity contribution in [1.29, 1.82) is 0 Å². The first-order chi connectivity index (χ1) is 19.9. The smallest absolute Gasteiger partial charge is 0.410 e. The fourth-order valence-electron chi connectivity index (χ4n) is 5.31. The van der Waals surface area contributed by atoms with E-state index in [0.717, 1.165) is 59.1 Å². The molecule has 42 heavy (non-hydrogen) atoms. The maximum atomic E-state index is 12.5. The predicted molar refractivity (Wildman–Crippen MR) is 169 cm³/mol. The van der Waals surface area contributed by atoms with Gasteiger partial charge in [0.25, 0.3) is 0 Å². The van der Waals surface area contributed by atoms with Crippen molar-refractivity contribution in [1.82, 2.24) is 19.7 Å². The number of carbonyl (C=O) groups is 1. The molecule has 0 atom stereocenters. The highest BCUT2D eigenvalue weighted by Crippen LogP contribution is 2.39. The van der Waals surface area contributed by atoms with Gasteiger partial charge in [0.15, 0.2) is 0 Å². The van der Waals surface area contributed by atoms with Gasteiger partial charge < -0.3 is 24.0 Å². The summed E-state index contributed by atoms with van der Waals surface area (Å²) in [6.07, 6.45) is 5.42. The van der Waals surface area contributed by atoms with Crippen molar-refractivity contribution in [3.63, 3.8) is 0 Å². The number of hydrogen-bond donors (Lipinski definition) is 0. The van der Waals surface area contributed by atoms with Crippen molar-refractivity contribution >= 4 is 20.0 Å². The summed E-state index contributed by atoms with van der Waals surface area (Å²) in [6, 6.07) is 12.1. The Labute approximate surface area is 250 Å². The number of pyridine rings is 1. The van der Waals surface area contributed by atoms with Crippen LogP contribution < -0.4 is 9.64 Å². The molecule has 5 rings (SSSR count). The monoisotopic (exact) mass is 591 g/mol. The van der Waals surface area contributed by atoms with Crippen LogP contribution in [0.4, 0.5) is 10.6 Å². The molecule has 1 amide bonds. The summed E-state index contributed by atoms with van der Waals surface area (Å²) in [4.78, 5) is 21.4. The minimum absolute atomic E-state index is 0.235. The molecule has 1 aromatic carbocycles. The summed E-state index contributed by atoms with van der Waals surface area (Å²) < 4.78 is 19.4. The maximum Gasteiger partial charge on any atom is 0.410 e. The zero-order chi connectivity index (χ0) is 30.1. The summed E-state index contributed by atoms with van der Waals surface area (Å²) in [7, 11) is 0.972. The second-order valence-electron chi connectivity index (χ2n) is 13.6. The molecule has 2 aliphatic heterocycles. The highest BCUT2D eigenvalue weighted by atomic mass is 28.3. The average Bonchev–Trinajstić information content (AvgIpc) is 3.42. The SMILES string of the molecule is CN(c1ccc2c(n1)OCc1cc(-c3cnn(COCC[Si](C)(C)C)c3)ccc1-2)C1CCN(C(=O)OC(C)(C)C)CC1. The number of hydrogen-bond acceptors (Lipinski definition) is 7. The molecule has 2 aromatic heterocycles. The van der Waals surface area contributed by atoms with Gasteiger partial charge in [-0.2, -0.15) is 10.1 Å². The molecule has 226 valence electrons. The largest absolute Gasteiger partial charge is 0.472 e. The molecule has 0 saturated carbocycles. The Hall–Kier alpha value is -3.37. The lowest BCUT2D eigenvalue weighted by atomic mass is 9.95. The van der Waals surface area contributed by atoms with Crippen LogP contribution in [0.25, 0.3) is 22.3 Å². The van der Waals surface area contributed by atoms with Crippen LogP contribution in [0.1, 0.15) is 39.2 Å². The van der Waals surface area contributed by atoms with Gasteiger partial charge in [0.2, 0.25) is 5.88 Å². The number of amides is 1. The van der Waals surface area contributed by atoms with E-state index in [2.05, 4.69) is 67.0 Å². The number of piperidine rings is 1. The molecule has 0 spiro atoms. The molecule has 1 saturated heterocycles. The molecule has 0 unspecified atom stereocenters. The van der Waals surface area contributed by atoms with E-state index < -0.39 is 13.7 Å². The highest BCUT2D eigenvalue weighted by Gasteiger charge is 2.29. The highest BCUT2D eigenvalue weighted by molar-refractivity contribution is 6.76. The fraction of sp³-hybridized carbons (Fsp3) is 0.531. The van der Waals surface area contributed by atoms with Crippen molar-refractivity contribution in [2.45, 2.75) is 84.3 Å². The Morgan fingerprint density at radius 1 is 1.10 bits per heavy atom. The van der Waals surface area contributed by atoms with Crippen LogP contribution in [0.15, 0.2) is 42.7 Å². The van der Waals surface area contributed by atoms with Crippen LogP contribution in [0, 0.1) is 0 Å². The average molecular weight is 592 g/mol. The first-order valence-corrected chi connectivity index (χ1v) is 18.7. The van der Waals surface area contributed by atoms with Crippen LogP contribution in [-0.4, -0.2) is 72.2 Å². The topological polar surface area (TPSA) is 82.0 Å². The van der Waals surface area contributed by atoms with Gasteiger partial charge in [-0.25, -0.2) is 9.48 Å². The van der Waals surface area contributed by atoms with E-state index in [1.165, 1.54) is 0 Å². The van der Waals surface area contributed by atoms with Crippen molar-refractivity contribution in [3.8, 4) is 28.1 Å². The summed E-state index contributed by atoms with van der Waals surface area (Å²) in [5.74, 6) is 1.54. The zero-order valence-electron chi connectivity index (χ0n) is 26.1. The van der Waals surface area contributed by atoms with E-state index in [-0.39, 0.29) is 6.09 Å². The van der Waals surface area contributed by atoms with Crippen LogP contribution in [-0.2, 0) is 22.8 Å². The Morgan fingerprint density at radius 2 is 1.83 bits per heavy atom. The number of benzene rings is 1. The van der Waals surface area contributed by atoms with E-state index in [1.807, 2.05) is 37.8 Å². The zero-order valence-corrected chi connectivity index (χ0v) is 27.1. The van der Waals surface area contributed by atoms with E-state index >= 15 is 0 Å². The lowest BCUT2D eigenvalue weighted by Gasteiger charge is -2.38. The van der Waals surface area contributed by atoms with Gasteiger partial charge in [-0.15, -0.1) is 0 Å². The summed E-state index contributed by atoms with van der Waals surface area (Å²) in [6.45, 7) is 15.8. The summed E-state index contributed by atoms with van der Waals surface area (Å²) in [5.41, 5.74) is 4.97. The number of anilines is 1. The van der Waals surface area contributed by atoms with Gasteiger partial charge in [-0.05, 0) is 74.5 Å². The first-order valence-electron chi connectivity index (χ1n) is 14.9. The minimum Gasteiger partial charge on any atom is -0.472 e. The minimum atomic E-state index is -1.10. The van der Waals surface area contributed by atoms with Gasteiger partial charge in [0, 0.05) is 58.2 Å². The van der Waals surface area contributed by atoms with E-state index in [0.29, 0.717) is 38.3 Å². The summed E-state index contributed by atoms with van der Waals surface area (Å²) in [5, 5.41) is 4.50. The van der Waals surface area contributed by atoms with Crippen molar-refractivity contribution in [3.05, 3.63) is 48.3 Å². The lowest BCUT2D eigenvalue weighted by Crippen LogP contribution is -2.47. The summed E-state index contributed by atoms with van der Waals surface area (Å²) >= 11 is 0. The van der Waals surface area contributed by atoms with E-state index in [9.17, 15) is 4.79 Å². The van der Waals surface area contributed by atoms with Crippen LogP contribution in [0.5, 0.6) is 5.88 Å². The van der Waals surface area contributed by atoms with E-state index in [1.54, 1.807) is 4.90 Å². The number of nitrogens with zero attached hydrogens (tertiary/aromatic N) is 5. The molecule has 0 aliphatic carbocycles. The third-order valence-corrected chi connectivity index (χ3v) is 9.52. The lowest BCUT2D eigenvalue weighted by molar-refractivity contribution is 0.0205. The number of fused-ring (bicyclic) bond motifs is 3. The molecular weight excluding hydrogens is 546 g/mol. The number of aromatic nitrogens is 3. The number of rotatable bonds is 8. The Kier molecular flexibility index (Phi) is 8.66. The molecule has 0 bridgehead atoms. The molecule has 0 N–H and O–H groups in total. The van der Waals surface area contributed by atoms with Gasteiger partial charge in [0.05, 0.1) is 6.20 Å². The third-order valence-electron chi connectivity index (χ3n) is 7.82. The Morgan fingerprint density at radius 3 is 2.55 bits per heavy atom. The number of carbonyl (C=O) groups excluding carboxylic acids is 1. The fourth-order valence-corrected chi connectivity index (χ4v) is 6.07. The van der Waals surface area contributed by atoms with Gasteiger partial charge >= 0.3 is 6.09 Å². The van der Waals surface area contributed by atoms with Gasteiger partial charge in [-0.1, -0.05) is 31.8 Å². The van der Waals surface area contributed by atoms with Crippen LogP contribution >= 0.6 is 0 Å². The van der Waals surface area contributed by atoms with Crippen LogP contribution in [0.2, 0.25) is 25.7 Å². The molecule has 2 aliphatic rings. The Bertz CT molecular complexity index is 1400. The van der Waals surface area contributed by atoms with Crippen LogP contribution in [0.3, 0.4) is 0 Å². The molecule has 10 heteroatoms. The predicted octanol–water partition coefficient (Wildman–Crippen LogP) is 6.65. The molecule has 0 radical (unpaired) electrons. The van der Waals surface area contributed by atoms with Gasteiger partial charge in [-0.3, -0.25) is 0 Å². The molecular formula is C32H45N5O4Si. The number of likely N-dealkylation sites (tertiary alicyclic amines) is 1. The Balaban J connectivity index is 1.21.